The number of allylic oxidation sites excluding steroid dienone is 14. The van der Waals surface area contributed by atoms with Crippen molar-refractivity contribution in [1.29, 1.82) is 0 Å². The number of hydrogen-bond acceptors (Lipinski definition) is 5. The Hall–Kier alpha value is -2.92. The summed E-state index contributed by atoms with van der Waals surface area (Å²) in [5, 5.41) is 0. The van der Waals surface area contributed by atoms with Crippen LogP contribution < -0.4 is 0 Å². The van der Waals surface area contributed by atoms with Gasteiger partial charge in [-0.05, 0) is 116 Å². The molecule has 0 aromatic heterocycles. The van der Waals surface area contributed by atoms with Crippen molar-refractivity contribution in [3.8, 4) is 0 Å². The van der Waals surface area contributed by atoms with Crippen LogP contribution in [0.15, 0.2) is 85.1 Å². The van der Waals surface area contributed by atoms with Gasteiger partial charge in [0.1, 0.15) is 6.61 Å². The van der Waals surface area contributed by atoms with E-state index in [-0.39, 0.29) is 25.2 Å². The number of esters is 2. The number of carbonyl (C=O) groups is 2. The summed E-state index contributed by atoms with van der Waals surface area (Å²) in [6.45, 7) is 7.65. The lowest BCUT2D eigenvalue weighted by Gasteiger charge is -2.18. The highest BCUT2D eigenvalue weighted by Crippen LogP contribution is 2.15. The summed E-state index contributed by atoms with van der Waals surface area (Å²) in [5.74, 6) is -0.434. The molecule has 1 atom stereocenters. The predicted octanol–water partition coefficient (Wildman–Crippen LogP) is 20.0. The molecule has 0 aromatic rings. The highest BCUT2D eigenvalue weighted by Gasteiger charge is 2.17. The molecule has 392 valence electrons. The third kappa shape index (κ3) is 55.7. The molecule has 0 aliphatic heterocycles. The summed E-state index contributed by atoms with van der Waals surface area (Å²) in [6.07, 6.45) is 77.5. The Bertz CT molecular complexity index is 1250. The Morgan fingerprint density at radius 3 is 1.12 bits per heavy atom. The maximum Gasteiger partial charge on any atom is 0.306 e. The van der Waals surface area contributed by atoms with Gasteiger partial charge in [-0.25, -0.2) is 0 Å². The van der Waals surface area contributed by atoms with E-state index in [0.717, 1.165) is 83.5 Å². The van der Waals surface area contributed by atoms with Gasteiger partial charge >= 0.3 is 11.9 Å². The van der Waals surface area contributed by atoms with Crippen LogP contribution >= 0.6 is 0 Å². The van der Waals surface area contributed by atoms with Gasteiger partial charge in [0.05, 0.1) is 6.61 Å². The van der Waals surface area contributed by atoms with Crippen LogP contribution in [0, 0.1) is 0 Å². The van der Waals surface area contributed by atoms with Gasteiger partial charge in [-0.2, -0.15) is 0 Å². The zero-order valence-electron chi connectivity index (χ0n) is 45.1. The Kier molecular flexibility index (Phi) is 55.9. The number of rotatable bonds is 53. The lowest BCUT2D eigenvalue weighted by molar-refractivity contribution is -0.163. The van der Waals surface area contributed by atoms with E-state index in [2.05, 4.69) is 106 Å². The quantitative estimate of drug-likeness (QED) is 0.0345. The van der Waals surface area contributed by atoms with Crippen LogP contribution in [0.2, 0.25) is 0 Å². The molecule has 5 nitrogen and oxygen atoms in total. The van der Waals surface area contributed by atoms with Gasteiger partial charge in [0.25, 0.3) is 0 Å². The van der Waals surface area contributed by atoms with Crippen molar-refractivity contribution in [2.45, 2.75) is 284 Å². The summed E-state index contributed by atoms with van der Waals surface area (Å²) < 4.78 is 17.4. The SMILES string of the molecule is CC/C=C\C/C=C\C/C=C\CCCCCC(=O)OC(COCCCCCCCCC/C=C\C/C=C\C/C=C\CCCCC)COC(=O)CCCCCCCCCCC/C=C\CCCCCCCC. The van der Waals surface area contributed by atoms with Gasteiger partial charge in [-0.3, -0.25) is 9.59 Å². The molecule has 0 bridgehead atoms. The minimum atomic E-state index is -0.562. The maximum atomic E-state index is 12.8. The first-order valence-corrected chi connectivity index (χ1v) is 29.1. The summed E-state index contributed by atoms with van der Waals surface area (Å²) in [6, 6.07) is 0. The van der Waals surface area contributed by atoms with Crippen LogP contribution in [0.1, 0.15) is 278 Å². The summed E-state index contributed by atoms with van der Waals surface area (Å²) in [5.41, 5.74) is 0. The molecule has 0 fully saturated rings. The van der Waals surface area contributed by atoms with Crippen LogP contribution in [-0.4, -0.2) is 37.9 Å². The standard InChI is InChI=1S/C63H110O5/c1-4-7-10-13-16-19-22-25-27-29-31-33-35-37-40-43-46-49-52-55-58-66-59-61(68-63(65)57-54-51-48-45-42-38-24-21-18-15-12-9-6-3)60-67-62(64)56-53-50-47-44-41-39-36-34-32-30-28-26-23-20-17-14-11-8-5-2/h9,12,16,18-19,21,25-28,31,33,38,42,61H,4-8,10-11,13-15,17,20,22-24,29-30,32,34-37,39-41,43-60H2,1-3H3/b12-9-,19-16-,21-18-,27-25-,28-26-,33-31-,42-38-. The highest BCUT2D eigenvalue weighted by molar-refractivity contribution is 5.70. The van der Waals surface area contributed by atoms with E-state index in [1.54, 1.807) is 0 Å². The summed E-state index contributed by atoms with van der Waals surface area (Å²) in [4.78, 5) is 25.5. The molecule has 0 amide bonds. The number of carbonyl (C=O) groups excluding carboxylic acids is 2. The predicted molar refractivity (Wildman–Crippen MR) is 297 cm³/mol. The second-order valence-electron chi connectivity index (χ2n) is 19.2. The van der Waals surface area contributed by atoms with Crippen LogP contribution in [-0.2, 0) is 23.8 Å². The second kappa shape index (κ2) is 58.4. The van der Waals surface area contributed by atoms with E-state index in [1.807, 2.05) is 0 Å². The lowest BCUT2D eigenvalue weighted by atomic mass is 10.1. The Balaban J connectivity index is 4.29. The van der Waals surface area contributed by atoms with Crippen molar-refractivity contribution in [3.63, 3.8) is 0 Å². The first-order valence-electron chi connectivity index (χ1n) is 29.1. The number of unbranched alkanes of at least 4 members (excludes halogenated alkanes) is 28. The molecule has 0 spiro atoms. The molecule has 0 aromatic carbocycles. The van der Waals surface area contributed by atoms with E-state index in [4.69, 9.17) is 14.2 Å². The second-order valence-corrected chi connectivity index (χ2v) is 19.2. The third-order valence-corrected chi connectivity index (χ3v) is 12.4. The van der Waals surface area contributed by atoms with Gasteiger partial charge in [0.2, 0.25) is 0 Å². The molecule has 0 saturated heterocycles. The van der Waals surface area contributed by atoms with E-state index >= 15 is 0 Å². The molecule has 1 unspecified atom stereocenters. The van der Waals surface area contributed by atoms with Gasteiger partial charge < -0.3 is 14.2 Å². The van der Waals surface area contributed by atoms with Crippen LogP contribution in [0.25, 0.3) is 0 Å². The van der Waals surface area contributed by atoms with Crippen LogP contribution in [0.3, 0.4) is 0 Å². The molecule has 0 rings (SSSR count). The topological polar surface area (TPSA) is 61.8 Å². The number of hydrogen-bond donors (Lipinski definition) is 0. The minimum Gasteiger partial charge on any atom is -0.462 e. The molecule has 0 heterocycles. The Morgan fingerprint density at radius 1 is 0.338 bits per heavy atom. The van der Waals surface area contributed by atoms with Crippen molar-refractivity contribution in [1.82, 2.24) is 0 Å². The van der Waals surface area contributed by atoms with Crippen molar-refractivity contribution < 1.29 is 23.8 Å². The smallest absolute Gasteiger partial charge is 0.306 e. The average Bonchev–Trinajstić information content (AvgIpc) is 3.34. The van der Waals surface area contributed by atoms with Gasteiger partial charge in [-0.1, -0.05) is 234 Å². The fraction of sp³-hybridized carbons (Fsp3) is 0.746. The van der Waals surface area contributed by atoms with E-state index < -0.39 is 6.10 Å². The Morgan fingerprint density at radius 2 is 0.662 bits per heavy atom. The number of ether oxygens (including phenoxy) is 3. The molecule has 0 radical (unpaired) electrons. The highest BCUT2D eigenvalue weighted by atomic mass is 16.6. The largest absolute Gasteiger partial charge is 0.462 e. The minimum absolute atomic E-state index is 0.0658. The lowest BCUT2D eigenvalue weighted by Crippen LogP contribution is -2.30. The van der Waals surface area contributed by atoms with E-state index in [1.165, 1.54) is 161 Å². The summed E-state index contributed by atoms with van der Waals surface area (Å²) >= 11 is 0. The first kappa shape index (κ1) is 65.1. The van der Waals surface area contributed by atoms with Crippen molar-refractivity contribution in [3.05, 3.63) is 85.1 Å². The normalized spacial score (nSPS) is 12.8. The van der Waals surface area contributed by atoms with Gasteiger partial charge in [-0.15, -0.1) is 0 Å². The summed E-state index contributed by atoms with van der Waals surface area (Å²) in [7, 11) is 0. The molecule has 68 heavy (non-hydrogen) atoms. The van der Waals surface area contributed by atoms with Crippen LogP contribution in [0.5, 0.6) is 0 Å². The van der Waals surface area contributed by atoms with Gasteiger partial charge in [0.15, 0.2) is 6.10 Å². The zero-order chi connectivity index (χ0) is 49.2. The van der Waals surface area contributed by atoms with Gasteiger partial charge in [0, 0.05) is 19.4 Å². The molecule has 0 N–H and O–H groups in total. The maximum absolute atomic E-state index is 12.8. The van der Waals surface area contributed by atoms with Crippen LogP contribution in [0.4, 0.5) is 0 Å². The zero-order valence-corrected chi connectivity index (χ0v) is 45.1. The molecule has 5 heteroatoms. The first-order chi connectivity index (χ1) is 33.6. The van der Waals surface area contributed by atoms with Crippen molar-refractivity contribution in [2.24, 2.45) is 0 Å². The average molecular weight is 948 g/mol. The van der Waals surface area contributed by atoms with Crippen molar-refractivity contribution >= 4 is 11.9 Å². The fourth-order valence-electron chi connectivity index (χ4n) is 8.06. The van der Waals surface area contributed by atoms with E-state index in [0.29, 0.717) is 19.4 Å². The third-order valence-electron chi connectivity index (χ3n) is 12.4. The molecule has 0 aliphatic carbocycles. The van der Waals surface area contributed by atoms with Crippen molar-refractivity contribution in [2.75, 3.05) is 19.8 Å². The molecule has 0 saturated carbocycles. The van der Waals surface area contributed by atoms with E-state index in [9.17, 15) is 9.59 Å². The Labute approximate surface area is 422 Å². The monoisotopic (exact) mass is 947 g/mol. The molecular formula is C63H110O5. The molecular weight excluding hydrogens is 837 g/mol. The molecule has 0 aliphatic rings. The fourth-order valence-corrected chi connectivity index (χ4v) is 8.06.